The number of carbonyl (C=O) groups excluding carboxylic acids is 1. The summed E-state index contributed by atoms with van der Waals surface area (Å²) < 4.78 is 39.1. The summed E-state index contributed by atoms with van der Waals surface area (Å²) in [5, 5.41) is 3.30. The van der Waals surface area contributed by atoms with Crippen molar-refractivity contribution in [2.45, 2.75) is 31.9 Å². The van der Waals surface area contributed by atoms with Gasteiger partial charge in [0.2, 0.25) is 0 Å². The number of carbonyl (C=O) groups is 1. The number of aromatic nitrogens is 1. The highest BCUT2D eigenvalue weighted by molar-refractivity contribution is 7.21. The molecule has 4 nitrogen and oxygen atoms in total. The average Bonchev–Trinajstić information content (AvgIpc) is 3.14. The van der Waals surface area contributed by atoms with Crippen LogP contribution in [0.25, 0.3) is 21.3 Å². The molecule has 2 aromatic carbocycles. The number of anilines is 2. The minimum Gasteiger partial charge on any atom is -0.397 e. The normalized spacial score (nSPS) is 13.7. The van der Waals surface area contributed by atoms with Crippen LogP contribution in [0.5, 0.6) is 0 Å². The van der Waals surface area contributed by atoms with Crippen molar-refractivity contribution in [3.8, 4) is 11.1 Å². The number of halogens is 3. The first-order valence-electron chi connectivity index (χ1n) is 10.6. The molecule has 0 aliphatic heterocycles. The molecular formula is C25H20F3N3OS. The van der Waals surface area contributed by atoms with E-state index in [1.54, 1.807) is 0 Å². The van der Waals surface area contributed by atoms with Gasteiger partial charge in [0.25, 0.3) is 5.91 Å². The molecule has 2 aromatic heterocycles. The van der Waals surface area contributed by atoms with Gasteiger partial charge in [0.05, 0.1) is 11.3 Å². The zero-order chi connectivity index (χ0) is 23.2. The molecule has 5 rings (SSSR count). The van der Waals surface area contributed by atoms with E-state index in [4.69, 9.17) is 10.7 Å². The average molecular weight is 468 g/mol. The molecule has 0 atom stereocenters. The second-order valence-electron chi connectivity index (χ2n) is 8.04. The number of pyridine rings is 1. The van der Waals surface area contributed by atoms with Crippen molar-refractivity contribution in [1.29, 1.82) is 0 Å². The molecule has 0 saturated heterocycles. The van der Waals surface area contributed by atoms with Gasteiger partial charge in [-0.2, -0.15) is 13.2 Å². The highest BCUT2D eigenvalue weighted by Crippen LogP contribution is 2.44. The smallest absolute Gasteiger partial charge is 0.397 e. The quantitative estimate of drug-likeness (QED) is 0.352. The number of rotatable bonds is 3. The van der Waals surface area contributed by atoms with Gasteiger partial charge in [-0.1, -0.05) is 36.4 Å². The molecule has 33 heavy (non-hydrogen) atoms. The number of nitrogens with zero attached hydrogens (tertiary/aromatic N) is 1. The molecule has 1 amide bonds. The monoisotopic (exact) mass is 467 g/mol. The summed E-state index contributed by atoms with van der Waals surface area (Å²) >= 11 is 1.17. The lowest BCUT2D eigenvalue weighted by atomic mass is 9.87. The molecule has 3 N–H and O–H groups in total. The number of nitrogens with two attached hydrogens (primary N) is 1. The predicted octanol–water partition coefficient (Wildman–Crippen LogP) is 6.70. The summed E-state index contributed by atoms with van der Waals surface area (Å²) in [5.41, 5.74) is 10.2. The van der Waals surface area contributed by atoms with Gasteiger partial charge in [0.1, 0.15) is 9.71 Å². The van der Waals surface area contributed by atoms with Crippen LogP contribution in [0.3, 0.4) is 0 Å². The number of hydrogen-bond donors (Lipinski definition) is 2. The Kier molecular flexibility index (Phi) is 5.32. The van der Waals surface area contributed by atoms with Crippen molar-refractivity contribution in [3.05, 3.63) is 76.3 Å². The van der Waals surface area contributed by atoms with Crippen molar-refractivity contribution in [2.24, 2.45) is 0 Å². The largest absolute Gasteiger partial charge is 0.416 e. The standard InChI is InChI=1S/C25H20F3N3OS/c26-25(27,28)15-9-6-10-16(13-15)30-23(32)22-21(29)20-19(14-7-2-1-3-8-14)17-11-4-5-12-18(17)31-24(20)33-22/h1-3,6-10,13H,4-5,11-12,29H2,(H,30,32). The Labute approximate surface area is 192 Å². The second kappa shape index (κ2) is 8.19. The molecule has 0 unspecified atom stereocenters. The number of alkyl halides is 3. The van der Waals surface area contributed by atoms with Gasteiger partial charge in [-0.25, -0.2) is 4.98 Å². The van der Waals surface area contributed by atoms with Crippen molar-refractivity contribution < 1.29 is 18.0 Å². The lowest BCUT2D eigenvalue weighted by Crippen LogP contribution is -2.13. The molecule has 0 radical (unpaired) electrons. The van der Waals surface area contributed by atoms with E-state index in [1.165, 1.54) is 23.5 Å². The maximum absolute atomic E-state index is 13.0. The fraction of sp³-hybridized carbons (Fsp3) is 0.200. The number of amides is 1. The summed E-state index contributed by atoms with van der Waals surface area (Å²) in [5.74, 6) is -0.549. The van der Waals surface area contributed by atoms with Crippen LogP contribution in [0.2, 0.25) is 0 Å². The van der Waals surface area contributed by atoms with E-state index in [2.05, 4.69) is 5.32 Å². The van der Waals surface area contributed by atoms with Gasteiger partial charge in [-0.15, -0.1) is 11.3 Å². The molecule has 0 spiro atoms. The molecular weight excluding hydrogens is 447 g/mol. The Balaban J connectivity index is 1.61. The third-order valence-corrected chi connectivity index (χ3v) is 6.97. The van der Waals surface area contributed by atoms with Crippen molar-refractivity contribution >= 4 is 38.8 Å². The van der Waals surface area contributed by atoms with Gasteiger partial charge < -0.3 is 11.1 Å². The van der Waals surface area contributed by atoms with E-state index < -0.39 is 17.6 Å². The highest BCUT2D eigenvalue weighted by atomic mass is 32.1. The molecule has 1 aliphatic rings. The number of aryl methyl sites for hydroxylation is 1. The van der Waals surface area contributed by atoms with Crippen molar-refractivity contribution in [1.82, 2.24) is 4.98 Å². The fourth-order valence-electron chi connectivity index (χ4n) is 4.36. The van der Waals surface area contributed by atoms with E-state index in [-0.39, 0.29) is 10.6 Å². The Morgan fingerprint density at radius 2 is 1.79 bits per heavy atom. The Bertz CT molecular complexity index is 1360. The van der Waals surface area contributed by atoms with Crippen LogP contribution in [0, 0.1) is 0 Å². The number of thiophene rings is 1. The summed E-state index contributed by atoms with van der Waals surface area (Å²) in [7, 11) is 0. The number of hydrogen-bond acceptors (Lipinski definition) is 4. The number of benzene rings is 2. The lowest BCUT2D eigenvalue weighted by molar-refractivity contribution is -0.137. The molecule has 0 saturated carbocycles. The van der Waals surface area contributed by atoms with Gasteiger partial charge in [0, 0.05) is 16.8 Å². The van der Waals surface area contributed by atoms with Crippen LogP contribution in [0.1, 0.15) is 39.3 Å². The van der Waals surface area contributed by atoms with Crippen LogP contribution in [-0.4, -0.2) is 10.9 Å². The first kappa shape index (κ1) is 21.5. The third kappa shape index (κ3) is 3.95. The first-order chi connectivity index (χ1) is 15.8. The fourth-order valence-corrected chi connectivity index (χ4v) is 5.38. The van der Waals surface area contributed by atoms with E-state index in [0.29, 0.717) is 10.5 Å². The minimum absolute atomic E-state index is 0.0576. The number of fused-ring (bicyclic) bond motifs is 2. The number of nitrogen functional groups attached to an aromatic ring is 1. The van der Waals surface area contributed by atoms with E-state index in [1.807, 2.05) is 30.3 Å². The van der Waals surface area contributed by atoms with E-state index in [0.717, 1.165) is 65.6 Å². The van der Waals surface area contributed by atoms with E-state index in [9.17, 15) is 18.0 Å². The van der Waals surface area contributed by atoms with Crippen molar-refractivity contribution in [3.63, 3.8) is 0 Å². The summed E-state index contributed by atoms with van der Waals surface area (Å²) in [6, 6.07) is 14.4. The zero-order valence-corrected chi connectivity index (χ0v) is 18.3. The molecule has 4 aromatic rings. The topological polar surface area (TPSA) is 68.0 Å². The molecule has 2 heterocycles. The van der Waals surface area contributed by atoms with Crippen LogP contribution in [0.15, 0.2) is 54.6 Å². The second-order valence-corrected chi connectivity index (χ2v) is 9.04. The highest BCUT2D eigenvalue weighted by Gasteiger charge is 2.31. The first-order valence-corrected chi connectivity index (χ1v) is 11.4. The van der Waals surface area contributed by atoms with Crippen LogP contribution >= 0.6 is 11.3 Å². The maximum atomic E-state index is 13.0. The van der Waals surface area contributed by atoms with Gasteiger partial charge in [-0.3, -0.25) is 4.79 Å². The maximum Gasteiger partial charge on any atom is 0.416 e. The Morgan fingerprint density at radius 1 is 1.03 bits per heavy atom. The van der Waals surface area contributed by atoms with Crippen LogP contribution in [0.4, 0.5) is 24.5 Å². The number of nitrogens with one attached hydrogen (secondary N) is 1. The van der Waals surface area contributed by atoms with Crippen molar-refractivity contribution in [2.75, 3.05) is 11.1 Å². The van der Waals surface area contributed by atoms with Crippen LogP contribution in [-0.2, 0) is 19.0 Å². The van der Waals surface area contributed by atoms with Gasteiger partial charge >= 0.3 is 6.18 Å². The van der Waals surface area contributed by atoms with E-state index >= 15 is 0 Å². The SMILES string of the molecule is Nc1c(C(=O)Nc2cccc(C(F)(F)F)c2)sc2nc3c(c(-c4ccccc4)c12)CCCC3. The molecule has 168 valence electrons. The molecule has 0 bridgehead atoms. The molecule has 0 fully saturated rings. The zero-order valence-electron chi connectivity index (χ0n) is 17.5. The minimum atomic E-state index is -4.50. The molecule has 8 heteroatoms. The lowest BCUT2D eigenvalue weighted by Gasteiger charge is -2.20. The van der Waals surface area contributed by atoms with Gasteiger partial charge in [-0.05, 0) is 60.6 Å². The third-order valence-electron chi connectivity index (χ3n) is 5.87. The summed E-state index contributed by atoms with van der Waals surface area (Å²) in [6.07, 6.45) is -0.611. The predicted molar refractivity (Wildman–Crippen MR) is 126 cm³/mol. The summed E-state index contributed by atoms with van der Waals surface area (Å²) in [6.45, 7) is 0. The van der Waals surface area contributed by atoms with Crippen LogP contribution < -0.4 is 11.1 Å². The summed E-state index contributed by atoms with van der Waals surface area (Å²) in [4.78, 5) is 18.8. The Hall–Kier alpha value is -3.39. The molecule has 1 aliphatic carbocycles. The van der Waals surface area contributed by atoms with Gasteiger partial charge in [0.15, 0.2) is 0 Å². The Morgan fingerprint density at radius 3 is 2.55 bits per heavy atom.